The Morgan fingerprint density at radius 3 is 2.82 bits per heavy atom. The lowest BCUT2D eigenvalue weighted by molar-refractivity contribution is 1.26. The summed E-state index contributed by atoms with van der Waals surface area (Å²) >= 11 is 5.74. The molecule has 0 radical (unpaired) electrons. The smallest absolute Gasteiger partial charge is 0.133 e. The molecule has 0 aliphatic heterocycles. The maximum atomic E-state index is 5.68. The normalized spacial score (nSPS) is 10.3. The lowest BCUT2D eigenvalue weighted by Gasteiger charge is -2.11. The quantitative estimate of drug-likeness (QED) is 0.742. The minimum Gasteiger partial charge on any atom is -0.397 e. The molecule has 0 saturated carbocycles. The zero-order chi connectivity index (χ0) is 12.4. The van der Waals surface area contributed by atoms with Crippen LogP contribution in [0.4, 0.5) is 17.2 Å². The van der Waals surface area contributed by atoms with Crippen LogP contribution in [0.15, 0.2) is 34.9 Å². The lowest BCUT2D eigenvalue weighted by atomic mass is 10.2. The van der Waals surface area contributed by atoms with Crippen molar-refractivity contribution in [3.05, 3.63) is 44.1 Å². The number of hydrogen-bond donors (Lipinski definition) is 2. The lowest BCUT2D eigenvalue weighted by Crippen LogP contribution is -1.99. The highest BCUT2D eigenvalue weighted by Gasteiger charge is 2.04. The second-order valence-electron chi connectivity index (χ2n) is 3.68. The molecule has 1 aromatic heterocycles. The summed E-state index contributed by atoms with van der Waals surface area (Å²) in [5.41, 5.74) is 8.41. The van der Waals surface area contributed by atoms with Gasteiger partial charge in [-0.2, -0.15) is 0 Å². The molecule has 3 N–H and O–H groups in total. The van der Waals surface area contributed by atoms with Gasteiger partial charge in [0.15, 0.2) is 0 Å². The van der Waals surface area contributed by atoms with Gasteiger partial charge in [0.2, 0.25) is 0 Å². The number of aryl methyl sites for hydroxylation is 1. The van der Waals surface area contributed by atoms with Gasteiger partial charge in [-0.1, -0.05) is 15.9 Å². The van der Waals surface area contributed by atoms with E-state index in [4.69, 9.17) is 5.73 Å². The van der Waals surface area contributed by atoms with E-state index in [-0.39, 0.29) is 0 Å². The van der Waals surface area contributed by atoms with Gasteiger partial charge >= 0.3 is 0 Å². The predicted molar refractivity (Wildman–Crippen MR) is 83.5 cm³/mol. The Labute approximate surface area is 122 Å². The van der Waals surface area contributed by atoms with Crippen LogP contribution in [0, 0.1) is 10.5 Å². The zero-order valence-electron chi connectivity index (χ0n) is 9.17. The molecule has 0 amide bonds. The third-order valence-corrected chi connectivity index (χ3v) is 3.71. The highest BCUT2D eigenvalue weighted by molar-refractivity contribution is 14.1. The van der Waals surface area contributed by atoms with Crippen LogP contribution in [0.5, 0.6) is 0 Å². The standard InChI is InChI=1S/C12H11BrIN3/c1-7-4-9(15)6-16-12(7)17-11-5-8(13)2-3-10(11)14/h2-6H,15H2,1H3,(H,16,17). The van der Waals surface area contributed by atoms with Crippen LogP contribution in [-0.4, -0.2) is 4.98 Å². The van der Waals surface area contributed by atoms with Gasteiger partial charge < -0.3 is 11.1 Å². The van der Waals surface area contributed by atoms with Crippen molar-refractivity contribution in [3.8, 4) is 0 Å². The van der Waals surface area contributed by atoms with E-state index in [2.05, 4.69) is 48.8 Å². The molecule has 0 bridgehead atoms. The molecule has 0 fully saturated rings. The van der Waals surface area contributed by atoms with E-state index in [1.807, 2.05) is 31.2 Å². The number of aromatic nitrogens is 1. The number of rotatable bonds is 2. The SMILES string of the molecule is Cc1cc(N)cnc1Nc1cc(Br)ccc1I. The van der Waals surface area contributed by atoms with Crippen LogP contribution in [0.25, 0.3) is 0 Å². The van der Waals surface area contributed by atoms with Crippen molar-refractivity contribution in [1.29, 1.82) is 0 Å². The van der Waals surface area contributed by atoms with Crippen molar-refractivity contribution in [1.82, 2.24) is 4.98 Å². The molecule has 0 spiro atoms. The Kier molecular flexibility index (Phi) is 3.88. The molecule has 0 atom stereocenters. The van der Waals surface area contributed by atoms with Gasteiger partial charge in [-0.05, 0) is 59.3 Å². The first-order chi connectivity index (χ1) is 8.06. The fourth-order valence-electron chi connectivity index (χ4n) is 1.45. The van der Waals surface area contributed by atoms with Gasteiger partial charge in [-0.15, -0.1) is 0 Å². The van der Waals surface area contributed by atoms with E-state index in [1.54, 1.807) is 6.20 Å². The third kappa shape index (κ3) is 3.10. The van der Waals surface area contributed by atoms with Crippen LogP contribution in [0.3, 0.4) is 0 Å². The molecule has 88 valence electrons. The van der Waals surface area contributed by atoms with E-state index in [0.29, 0.717) is 5.69 Å². The summed E-state index contributed by atoms with van der Waals surface area (Å²) in [7, 11) is 0. The molecule has 17 heavy (non-hydrogen) atoms. The van der Waals surface area contributed by atoms with Crippen LogP contribution in [0.2, 0.25) is 0 Å². The minimum atomic E-state index is 0.678. The van der Waals surface area contributed by atoms with Crippen molar-refractivity contribution in [2.45, 2.75) is 6.92 Å². The van der Waals surface area contributed by atoms with Crippen LogP contribution in [-0.2, 0) is 0 Å². The molecule has 1 aromatic carbocycles. The minimum absolute atomic E-state index is 0.678. The van der Waals surface area contributed by atoms with E-state index in [0.717, 1.165) is 25.1 Å². The van der Waals surface area contributed by atoms with E-state index in [9.17, 15) is 0 Å². The Hall–Kier alpha value is -0.820. The number of benzene rings is 1. The van der Waals surface area contributed by atoms with Crippen LogP contribution in [0.1, 0.15) is 5.56 Å². The Morgan fingerprint density at radius 2 is 2.12 bits per heavy atom. The van der Waals surface area contributed by atoms with Gasteiger partial charge in [0, 0.05) is 8.04 Å². The number of hydrogen-bond acceptors (Lipinski definition) is 3. The van der Waals surface area contributed by atoms with Crippen LogP contribution < -0.4 is 11.1 Å². The number of nitrogens with zero attached hydrogens (tertiary/aromatic N) is 1. The topological polar surface area (TPSA) is 50.9 Å². The van der Waals surface area contributed by atoms with Crippen molar-refractivity contribution in [2.75, 3.05) is 11.1 Å². The summed E-state index contributed by atoms with van der Waals surface area (Å²) in [5, 5.41) is 3.30. The van der Waals surface area contributed by atoms with Gasteiger partial charge in [0.25, 0.3) is 0 Å². The fourth-order valence-corrected chi connectivity index (χ4v) is 2.28. The van der Waals surface area contributed by atoms with Crippen LogP contribution >= 0.6 is 38.5 Å². The van der Waals surface area contributed by atoms with Gasteiger partial charge in [0.05, 0.1) is 17.6 Å². The summed E-state index contributed by atoms with van der Waals surface area (Å²) in [4.78, 5) is 4.29. The zero-order valence-corrected chi connectivity index (χ0v) is 12.9. The second-order valence-corrected chi connectivity index (χ2v) is 5.76. The van der Waals surface area contributed by atoms with Gasteiger partial charge in [0.1, 0.15) is 5.82 Å². The number of anilines is 3. The first kappa shape index (κ1) is 12.6. The molecule has 1 heterocycles. The summed E-state index contributed by atoms with van der Waals surface area (Å²) in [6.45, 7) is 1.98. The van der Waals surface area contributed by atoms with Crippen molar-refractivity contribution < 1.29 is 0 Å². The first-order valence-electron chi connectivity index (χ1n) is 5.00. The molecule has 0 unspecified atom stereocenters. The largest absolute Gasteiger partial charge is 0.397 e. The molecule has 2 rings (SSSR count). The molecule has 0 saturated heterocycles. The van der Waals surface area contributed by atoms with Gasteiger partial charge in [-0.3, -0.25) is 0 Å². The maximum Gasteiger partial charge on any atom is 0.133 e. The molecular formula is C12H11BrIN3. The molecule has 2 aromatic rings. The molecular weight excluding hydrogens is 393 g/mol. The second kappa shape index (κ2) is 5.22. The number of halogens is 2. The van der Waals surface area contributed by atoms with E-state index < -0.39 is 0 Å². The van der Waals surface area contributed by atoms with Crippen molar-refractivity contribution >= 4 is 55.7 Å². The third-order valence-electron chi connectivity index (χ3n) is 2.28. The van der Waals surface area contributed by atoms with E-state index >= 15 is 0 Å². The monoisotopic (exact) mass is 403 g/mol. The first-order valence-corrected chi connectivity index (χ1v) is 6.87. The Morgan fingerprint density at radius 1 is 1.35 bits per heavy atom. The number of nitrogens with one attached hydrogen (secondary N) is 1. The Bertz CT molecular complexity index is 557. The highest BCUT2D eigenvalue weighted by Crippen LogP contribution is 2.27. The summed E-state index contributed by atoms with van der Waals surface area (Å²) in [6, 6.07) is 7.98. The molecule has 3 nitrogen and oxygen atoms in total. The molecule has 0 aliphatic rings. The maximum absolute atomic E-state index is 5.68. The molecule has 5 heteroatoms. The average molecular weight is 404 g/mol. The molecule has 0 aliphatic carbocycles. The van der Waals surface area contributed by atoms with Crippen molar-refractivity contribution in [3.63, 3.8) is 0 Å². The highest BCUT2D eigenvalue weighted by atomic mass is 127. The number of nitrogens with two attached hydrogens (primary N) is 1. The van der Waals surface area contributed by atoms with Gasteiger partial charge in [-0.25, -0.2) is 4.98 Å². The fraction of sp³-hybridized carbons (Fsp3) is 0.0833. The Balaban J connectivity index is 2.34. The summed E-state index contributed by atoms with van der Waals surface area (Å²) in [6.07, 6.45) is 1.65. The summed E-state index contributed by atoms with van der Waals surface area (Å²) < 4.78 is 2.18. The van der Waals surface area contributed by atoms with Crippen molar-refractivity contribution in [2.24, 2.45) is 0 Å². The predicted octanol–water partition coefficient (Wildman–Crippen LogP) is 4.08. The number of pyridine rings is 1. The summed E-state index contributed by atoms with van der Waals surface area (Å²) in [5.74, 6) is 0.829. The van der Waals surface area contributed by atoms with E-state index in [1.165, 1.54) is 0 Å². The number of nitrogen functional groups attached to an aromatic ring is 1. The average Bonchev–Trinajstić information content (AvgIpc) is 2.27.